The maximum Gasteiger partial charge on any atom is 0.411 e. The summed E-state index contributed by atoms with van der Waals surface area (Å²) in [5.74, 6) is 1.46. The summed E-state index contributed by atoms with van der Waals surface area (Å²) in [7, 11) is 0. The van der Waals surface area contributed by atoms with Crippen molar-refractivity contribution in [3.63, 3.8) is 0 Å². The molecule has 3 fully saturated rings. The minimum absolute atomic E-state index is 0.0791. The van der Waals surface area contributed by atoms with Crippen molar-refractivity contribution in [1.82, 2.24) is 9.80 Å². The first-order valence-corrected chi connectivity index (χ1v) is 12.7. The maximum atomic E-state index is 13.5. The van der Waals surface area contributed by atoms with E-state index in [2.05, 4.69) is 11.8 Å². The predicted octanol–water partition coefficient (Wildman–Crippen LogP) is 5.42. The second-order valence-corrected chi connectivity index (χ2v) is 10.1. The summed E-state index contributed by atoms with van der Waals surface area (Å²) in [5.41, 5.74) is 1.58. The number of carbonyl (C=O) groups is 1. The Hall–Kier alpha value is -2.60. The van der Waals surface area contributed by atoms with E-state index in [9.17, 15) is 9.18 Å². The maximum absolute atomic E-state index is 13.5. The minimum atomic E-state index is -0.490. The monoisotopic (exact) mass is 466 g/mol. The van der Waals surface area contributed by atoms with Crippen LogP contribution in [0.2, 0.25) is 0 Å². The number of likely N-dealkylation sites (tertiary alicyclic amines) is 1. The van der Waals surface area contributed by atoms with E-state index >= 15 is 0 Å². The normalized spacial score (nSPS) is 22.2. The van der Waals surface area contributed by atoms with Crippen molar-refractivity contribution in [2.75, 3.05) is 26.2 Å². The fourth-order valence-electron chi connectivity index (χ4n) is 5.35. The summed E-state index contributed by atoms with van der Waals surface area (Å²) in [6.45, 7) is 6.36. The van der Waals surface area contributed by atoms with E-state index in [4.69, 9.17) is 9.47 Å². The number of halogens is 1. The molecule has 34 heavy (non-hydrogen) atoms. The zero-order chi connectivity index (χ0) is 23.5. The van der Waals surface area contributed by atoms with Crippen molar-refractivity contribution in [1.29, 1.82) is 0 Å². The molecule has 5 rings (SSSR count). The van der Waals surface area contributed by atoms with Gasteiger partial charge in [0.05, 0.1) is 12.6 Å². The van der Waals surface area contributed by atoms with Crippen LogP contribution < -0.4 is 4.74 Å². The van der Waals surface area contributed by atoms with Crippen LogP contribution >= 0.6 is 0 Å². The van der Waals surface area contributed by atoms with Crippen LogP contribution in [0.5, 0.6) is 5.75 Å². The highest BCUT2D eigenvalue weighted by atomic mass is 19.1. The van der Waals surface area contributed by atoms with Crippen molar-refractivity contribution in [3.8, 4) is 5.75 Å². The van der Waals surface area contributed by atoms with Crippen LogP contribution in [0.15, 0.2) is 48.5 Å². The standard InChI is InChI=1S/C28H35FN2O3/c1-2-17-33-25-11-7-23(8-12-25)20-31-26(18-21-5-9-24(29)10-6-21)28(34-27(31)32)13-15-30(16-14-28)19-22-3-4-22/h5-12,22,26H,2-4,13-20H2,1H3. The van der Waals surface area contributed by atoms with Crippen molar-refractivity contribution in [3.05, 3.63) is 65.5 Å². The van der Waals surface area contributed by atoms with Gasteiger partial charge >= 0.3 is 6.09 Å². The Labute approximate surface area is 201 Å². The summed E-state index contributed by atoms with van der Waals surface area (Å²) in [6.07, 6.45) is 5.77. The second kappa shape index (κ2) is 9.95. The van der Waals surface area contributed by atoms with Gasteiger partial charge in [-0.2, -0.15) is 0 Å². The molecule has 3 aliphatic rings. The van der Waals surface area contributed by atoms with Crippen molar-refractivity contribution >= 4 is 6.09 Å². The first kappa shape index (κ1) is 23.2. The Balaban J connectivity index is 1.34. The van der Waals surface area contributed by atoms with Gasteiger partial charge in [-0.3, -0.25) is 4.90 Å². The molecule has 182 valence electrons. The zero-order valence-electron chi connectivity index (χ0n) is 20.0. The summed E-state index contributed by atoms with van der Waals surface area (Å²) < 4.78 is 25.4. The lowest BCUT2D eigenvalue weighted by Crippen LogP contribution is -2.53. The van der Waals surface area contributed by atoms with Crippen LogP contribution in [0.4, 0.5) is 9.18 Å². The fraction of sp³-hybridized carbons (Fsp3) is 0.536. The number of rotatable bonds is 9. The Morgan fingerprint density at radius 2 is 1.71 bits per heavy atom. The van der Waals surface area contributed by atoms with Gasteiger partial charge in [-0.25, -0.2) is 9.18 Å². The van der Waals surface area contributed by atoms with Crippen molar-refractivity contribution < 1.29 is 18.7 Å². The quantitative estimate of drug-likeness (QED) is 0.495. The highest BCUT2D eigenvalue weighted by Gasteiger charge is 2.54. The van der Waals surface area contributed by atoms with Gasteiger partial charge in [-0.15, -0.1) is 0 Å². The lowest BCUT2D eigenvalue weighted by Gasteiger charge is -2.42. The van der Waals surface area contributed by atoms with Gasteiger partial charge in [0.15, 0.2) is 0 Å². The number of hydrogen-bond acceptors (Lipinski definition) is 4. The number of nitrogens with zero attached hydrogens (tertiary/aromatic N) is 2. The molecule has 1 saturated carbocycles. The molecule has 1 spiro atoms. The molecule has 0 radical (unpaired) electrons. The smallest absolute Gasteiger partial charge is 0.411 e. The molecule has 2 heterocycles. The van der Waals surface area contributed by atoms with E-state index in [1.807, 2.05) is 41.3 Å². The van der Waals surface area contributed by atoms with Gasteiger partial charge in [-0.1, -0.05) is 31.2 Å². The van der Waals surface area contributed by atoms with E-state index in [-0.39, 0.29) is 18.0 Å². The number of amides is 1. The van der Waals surface area contributed by atoms with E-state index < -0.39 is 5.60 Å². The third-order valence-corrected chi connectivity index (χ3v) is 7.52. The van der Waals surface area contributed by atoms with Crippen molar-refractivity contribution in [2.24, 2.45) is 5.92 Å². The molecule has 6 heteroatoms. The van der Waals surface area contributed by atoms with E-state index in [0.29, 0.717) is 19.6 Å². The third kappa shape index (κ3) is 5.22. The largest absolute Gasteiger partial charge is 0.494 e. The highest BCUT2D eigenvalue weighted by molar-refractivity contribution is 5.72. The first-order valence-electron chi connectivity index (χ1n) is 12.7. The van der Waals surface area contributed by atoms with Crippen LogP contribution in [0, 0.1) is 11.7 Å². The molecule has 1 amide bonds. The van der Waals surface area contributed by atoms with Gasteiger partial charge in [0.25, 0.3) is 0 Å². The fourth-order valence-corrected chi connectivity index (χ4v) is 5.35. The highest BCUT2D eigenvalue weighted by Crippen LogP contribution is 2.42. The van der Waals surface area contributed by atoms with Gasteiger partial charge in [0.2, 0.25) is 0 Å². The van der Waals surface area contributed by atoms with E-state index in [1.54, 1.807) is 0 Å². The molecule has 1 unspecified atom stereocenters. The van der Waals surface area contributed by atoms with Crippen LogP contribution in [0.1, 0.15) is 50.2 Å². The molecular weight excluding hydrogens is 431 g/mol. The summed E-state index contributed by atoms with van der Waals surface area (Å²) in [6, 6.07) is 14.5. The Morgan fingerprint density at radius 3 is 2.35 bits per heavy atom. The van der Waals surface area contributed by atoms with Gasteiger partial charge in [0, 0.05) is 39.0 Å². The van der Waals surface area contributed by atoms with Gasteiger partial charge < -0.3 is 14.4 Å². The average molecular weight is 467 g/mol. The molecule has 1 atom stereocenters. The Kier molecular flexibility index (Phi) is 6.77. The molecule has 2 saturated heterocycles. The van der Waals surface area contributed by atoms with Crippen LogP contribution in [0.3, 0.4) is 0 Å². The van der Waals surface area contributed by atoms with E-state index in [1.165, 1.54) is 31.5 Å². The second-order valence-electron chi connectivity index (χ2n) is 10.1. The molecule has 0 bridgehead atoms. The average Bonchev–Trinajstić information content (AvgIpc) is 3.63. The summed E-state index contributed by atoms with van der Waals surface area (Å²) in [5, 5.41) is 0. The lowest BCUT2D eigenvalue weighted by atomic mass is 9.81. The topological polar surface area (TPSA) is 42.0 Å². The first-order chi connectivity index (χ1) is 16.5. The SMILES string of the molecule is CCCOc1ccc(CN2C(=O)OC3(CCN(CC4CC4)CC3)C2Cc2ccc(F)cc2)cc1. The molecule has 2 aromatic carbocycles. The Morgan fingerprint density at radius 1 is 1.03 bits per heavy atom. The summed E-state index contributed by atoms with van der Waals surface area (Å²) in [4.78, 5) is 17.6. The molecular formula is C28H35FN2O3. The van der Waals surface area contributed by atoms with Crippen LogP contribution in [-0.4, -0.2) is 53.8 Å². The molecule has 0 aromatic heterocycles. The number of hydrogen-bond donors (Lipinski definition) is 0. The molecule has 2 aliphatic heterocycles. The third-order valence-electron chi connectivity index (χ3n) is 7.52. The van der Waals surface area contributed by atoms with Crippen LogP contribution in [-0.2, 0) is 17.7 Å². The molecule has 0 N–H and O–H groups in total. The summed E-state index contributed by atoms with van der Waals surface area (Å²) >= 11 is 0. The number of ether oxygens (including phenoxy) is 2. The van der Waals surface area contributed by atoms with Crippen molar-refractivity contribution in [2.45, 2.75) is 63.6 Å². The number of piperidine rings is 1. The predicted molar refractivity (Wildman–Crippen MR) is 129 cm³/mol. The van der Waals surface area contributed by atoms with Crippen LogP contribution in [0.25, 0.3) is 0 Å². The minimum Gasteiger partial charge on any atom is -0.494 e. The zero-order valence-corrected chi connectivity index (χ0v) is 20.0. The lowest BCUT2D eigenvalue weighted by molar-refractivity contribution is -0.0225. The number of carbonyl (C=O) groups excluding carboxylic acids is 1. The molecule has 1 aliphatic carbocycles. The number of benzene rings is 2. The molecule has 2 aromatic rings. The molecule has 5 nitrogen and oxygen atoms in total. The van der Waals surface area contributed by atoms with Gasteiger partial charge in [0.1, 0.15) is 17.2 Å². The van der Waals surface area contributed by atoms with Gasteiger partial charge in [-0.05, 0) is 67.0 Å². The van der Waals surface area contributed by atoms with E-state index in [0.717, 1.165) is 55.1 Å². The Bertz CT molecular complexity index is 966.